The van der Waals surface area contributed by atoms with E-state index in [2.05, 4.69) is 26.5 Å². The Morgan fingerprint density at radius 3 is 3.03 bits per heavy atom. The molecule has 0 fully saturated rings. The molecule has 1 unspecified atom stereocenters. The summed E-state index contributed by atoms with van der Waals surface area (Å²) in [5, 5.41) is 13.0. The van der Waals surface area contributed by atoms with Gasteiger partial charge in [-0.25, -0.2) is 10.4 Å². The molecule has 156 valence electrons. The van der Waals surface area contributed by atoms with E-state index in [9.17, 15) is 13.6 Å². The van der Waals surface area contributed by atoms with Crippen molar-refractivity contribution in [1.82, 2.24) is 21.5 Å². The van der Waals surface area contributed by atoms with E-state index in [-0.39, 0.29) is 17.1 Å². The minimum Gasteiger partial charge on any atom is -0.493 e. The molecule has 0 saturated heterocycles. The van der Waals surface area contributed by atoms with E-state index in [4.69, 9.17) is 14.9 Å². The van der Waals surface area contributed by atoms with Gasteiger partial charge in [-0.3, -0.25) is 4.79 Å². The number of benzene rings is 1. The second kappa shape index (κ2) is 8.33. The summed E-state index contributed by atoms with van der Waals surface area (Å²) in [5.74, 6) is 0.204. The maximum absolute atomic E-state index is 13.0. The van der Waals surface area contributed by atoms with Gasteiger partial charge in [0, 0.05) is 42.4 Å². The van der Waals surface area contributed by atoms with Crippen LogP contribution in [0.4, 0.5) is 8.78 Å². The van der Waals surface area contributed by atoms with Crippen LogP contribution in [-0.2, 0) is 11.2 Å². The molecule has 5 N–H and O–H groups in total. The summed E-state index contributed by atoms with van der Waals surface area (Å²) in [5.41, 5.74) is 7.18. The Hall–Kier alpha value is -3.73. The fourth-order valence-corrected chi connectivity index (χ4v) is 3.27. The van der Waals surface area contributed by atoms with Crippen LogP contribution in [0.15, 0.2) is 52.7 Å². The summed E-state index contributed by atoms with van der Waals surface area (Å²) in [7, 11) is 0. The topological polar surface area (TPSA) is 120 Å². The number of allylic oxidation sites excluding steroid dienone is 1. The van der Waals surface area contributed by atoms with Crippen LogP contribution in [0.3, 0.4) is 0 Å². The number of fused-ring (bicyclic) bond motifs is 1. The number of carbonyl (C=O) groups excluding carboxylic acids is 1. The molecule has 0 aliphatic carbocycles. The van der Waals surface area contributed by atoms with Crippen LogP contribution in [0, 0.1) is 5.41 Å². The Bertz CT molecular complexity index is 1000. The van der Waals surface area contributed by atoms with Crippen molar-refractivity contribution in [1.29, 1.82) is 5.41 Å². The summed E-state index contributed by atoms with van der Waals surface area (Å²) in [6, 6.07) is 2.46. The molecule has 3 aliphatic rings. The average molecular weight is 416 g/mol. The molecule has 3 aliphatic heterocycles. The fourth-order valence-electron chi connectivity index (χ4n) is 3.27. The van der Waals surface area contributed by atoms with Gasteiger partial charge in [-0.2, -0.15) is 8.78 Å². The van der Waals surface area contributed by atoms with Crippen LogP contribution in [0.25, 0.3) is 0 Å². The SMILES string of the molecule is N=C/C(C(=O)NC1=CNNC1c1cc2c(cc1OC(F)F)CCO2)=C1/N=CC=CN1. The number of hydrogen-bond donors (Lipinski definition) is 5. The number of ether oxygens (including phenoxy) is 2. The molecule has 30 heavy (non-hydrogen) atoms. The first-order valence-corrected chi connectivity index (χ1v) is 9.04. The molecule has 0 saturated carbocycles. The largest absolute Gasteiger partial charge is 0.493 e. The summed E-state index contributed by atoms with van der Waals surface area (Å²) in [6.07, 6.45) is 7.69. The second-order valence-corrected chi connectivity index (χ2v) is 6.44. The molecule has 0 bridgehead atoms. The number of aliphatic imine (C=N–C) groups is 1. The number of nitrogens with one attached hydrogen (secondary N) is 5. The highest BCUT2D eigenvalue weighted by molar-refractivity contribution is 6.12. The lowest BCUT2D eigenvalue weighted by molar-refractivity contribution is -0.116. The van der Waals surface area contributed by atoms with E-state index >= 15 is 0 Å². The fraction of sp³-hybridized carbons (Fsp3) is 0.211. The Kier molecular flexibility index (Phi) is 5.44. The number of hydrazine groups is 1. The first kappa shape index (κ1) is 19.6. The van der Waals surface area contributed by atoms with Gasteiger partial charge in [-0.15, -0.1) is 0 Å². The van der Waals surface area contributed by atoms with Crippen molar-refractivity contribution in [2.75, 3.05) is 6.61 Å². The smallest absolute Gasteiger partial charge is 0.387 e. The third-order valence-corrected chi connectivity index (χ3v) is 4.62. The van der Waals surface area contributed by atoms with Crippen LogP contribution >= 0.6 is 0 Å². The van der Waals surface area contributed by atoms with Crippen molar-refractivity contribution in [3.8, 4) is 11.5 Å². The zero-order valence-corrected chi connectivity index (χ0v) is 15.5. The number of alkyl halides is 2. The van der Waals surface area contributed by atoms with Crippen LogP contribution in [0.5, 0.6) is 11.5 Å². The second-order valence-electron chi connectivity index (χ2n) is 6.44. The summed E-state index contributed by atoms with van der Waals surface area (Å²) in [6.45, 7) is -2.54. The number of hydrogen-bond acceptors (Lipinski definition) is 8. The van der Waals surface area contributed by atoms with Gasteiger partial charge in [0.25, 0.3) is 5.91 Å². The molecule has 0 aromatic heterocycles. The lowest BCUT2D eigenvalue weighted by atomic mass is 10.0. The number of halogens is 2. The summed E-state index contributed by atoms with van der Waals surface area (Å²) < 4.78 is 36.2. The predicted molar refractivity (Wildman–Crippen MR) is 104 cm³/mol. The van der Waals surface area contributed by atoms with E-state index in [0.29, 0.717) is 30.0 Å². The molecule has 0 radical (unpaired) electrons. The molecule has 9 nitrogen and oxygen atoms in total. The molecule has 4 rings (SSSR count). The third kappa shape index (κ3) is 3.87. The summed E-state index contributed by atoms with van der Waals surface area (Å²) >= 11 is 0. The highest BCUT2D eigenvalue weighted by Crippen LogP contribution is 2.39. The highest BCUT2D eigenvalue weighted by atomic mass is 19.3. The number of carbonyl (C=O) groups is 1. The van der Waals surface area contributed by atoms with E-state index in [0.717, 1.165) is 11.8 Å². The molecule has 0 spiro atoms. The number of rotatable bonds is 6. The minimum absolute atomic E-state index is 0.00323. The van der Waals surface area contributed by atoms with Crippen LogP contribution in [-0.4, -0.2) is 31.6 Å². The average Bonchev–Trinajstić information content (AvgIpc) is 3.37. The van der Waals surface area contributed by atoms with Gasteiger partial charge in [0.05, 0.1) is 23.9 Å². The van der Waals surface area contributed by atoms with Gasteiger partial charge in [0.2, 0.25) is 0 Å². The van der Waals surface area contributed by atoms with Crippen molar-refractivity contribution in [2.45, 2.75) is 19.1 Å². The lowest BCUT2D eigenvalue weighted by Gasteiger charge is -2.20. The Labute approximate surface area is 170 Å². The van der Waals surface area contributed by atoms with Gasteiger partial charge < -0.3 is 30.9 Å². The maximum Gasteiger partial charge on any atom is 0.387 e. The van der Waals surface area contributed by atoms with Gasteiger partial charge in [-0.05, 0) is 18.2 Å². The highest BCUT2D eigenvalue weighted by Gasteiger charge is 2.30. The molecular weight excluding hydrogens is 398 g/mol. The molecule has 1 amide bonds. The number of nitrogens with zero attached hydrogens (tertiary/aromatic N) is 1. The molecule has 3 heterocycles. The Morgan fingerprint density at radius 1 is 1.43 bits per heavy atom. The van der Waals surface area contributed by atoms with Crippen molar-refractivity contribution < 1.29 is 23.0 Å². The van der Waals surface area contributed by atoms with E-state index < -0.39 is 18.6 Å². The summed E-state index contributed by atoms with van der Waals surface area (Å²) in [4.78, 5) is 16.8. The monoisotopic (exact) mass is 416 g/mol. The molecule has 1 aromatic carbocycles. The zero-order chi connectivity index (χ0) is 21.1. The predicted octanol–water partition coefficient (Wildman–Crippen LogP) is 1.38. The van der Waals surface area contributed by atoms with Crippen LogP contribution in [0.2, 0.25) is 0 Å². The standard InChI is InChI=1S/C19H18F2N6O3/c20-19(21)30-15-6-10-2-5-29-14(10)7-11(15)16-13(9-25-27-16)26-18(28)12(8-22)17-23-3-1-4-24-17/h1,3-4,6-9,16,19,22-23,25,27H,2,5H2,(H,26,28)/b17-12-,22-8?. The van der Waals surface area contributed by atoms with Crippen molar-refractivity contribution >= 4 is 18.3 Å². The molecule has 1 atom stereocenters. The van der Waals surface area contributed by atoms with Gasteiger partial charge in [0.1, 0.15) is 17.3 Å². The van der Waals surface area contributed by atoms with Crippen molar-refractivity contribution in [2.24, 2.45) is 4.99 Å². The molecule has 1 aromatic rings. The van der Waals surface area contributed by atoms with Crippen molar-refractivity contribution in [3.05, 3.63) is 58.8 Å². The van der Waals surface area contributed by atoms with Crippen LogP contribution in [0.1, 0.15) is 17.2 Å². The van der Waals surface area contributed by atoms with Gasteiger partial charge in [-0.1, -0.05) is 0 Å². The van der Waals surface area contributed by atoms with Crippen LogP contribution < -0.4 is 31.0 Å². The Morgan fingerprint density at radius 2 is 2.30 bits per heavy atom. The molecule has 11 heteroatoms. The quantitative estimate of drug-likeness (QED) is 0.353. The Balaban J connectivity index is 1.61. The first-order chi connectivity index (χ1) is 14.6. The van der Waals surface area contributed by atoms with Crippen molar-refractivity contribution in [3.63, 3.8) is 0 Å². The maximum atomic E-state index is 13.0. The minimum atomic E-state index is -3.00. The lowest BCUT2D eigenvalue weighted by Crippen LogP contribution is -2.33. The third-order valence-electron chi connectivity index (χ3n) is 4.62. The zero-order valence-electron chi connectivity index (χ0n) is 15.5. The number of amides is 1. The van der Waals surface area contributed by atoms with E-state index in [1.807, 2.05) is 0 Å². The normalized spacial score (nSPS) is 20.6. The van der Waals surface area contributed by atoms with Gasteiger partial charge in [0.15, 0.2) is 0 Å². The van der Waals surface area contributed by atoms with Gasteiger partial charge >= 0.3 is 6.61 Å². The first-order valence-electron chi connectivity index (χ1n) is 9.04. The van der Waals surface area contributed by atoms with E-state index in [1.165, 1.54) is 18.5 Å². The molecular formula is C19H18F2N6O3. The van der Waals surface area contributed by atoms with E-state index in [1.54, 1.807) is 18.3 Å².